The summed E-state index contributed by atoms with van der Waals surface area (Å²) >= 11 is 0. The zero-order valence-corrected chi connectivity index (χ0v) is 13.2. The van der Waals surface area contributed by atoms with E-state index in [0.29, 0.717) is 17.2 Å². The minimum atomic E-state index is -0.666. The molecule has 1 N–H and O–H groups in total. The molecule has 2 rings (SSSR count). The lowest BCUT2D eigenvalue weighted by atomic mass is 10.2. The minimum absolute atomic E-state index is 0.142. The number of carbonyl (C=O) groups is 1. The predicted molar refractivity (Wildman–Crippen MR) is 84.4 cm³/mol. The lowest BCUT2D eigenvalue weighted by Crippen LogP contribution is -2.40. The van der Waals surface area contributed by atoms with E-state index in [9.17, 15) is 14.4 Å². The van der Waals surface area contributed by atoms with E-state index in [4.69, 9.17) is 9.47 Å². The molecule has 23 heavy (non-hydrogen) atoms. The van der Waals surface area contributed by atoms with Crippen molar-refractivity contribution in [1.82, 2.24) is 9.13 Å². The number of hydrogen-bond donors (Lipinski definition) is 1. The summed E-state index contributed by atoms with van der Waals surface area (Å²) in [6.45, 7) is 0. The van der Waals surface area contributed by atoms with Gasteiger partial charge in [0.25, 0.3) is 11.5 Å². The van der Waals surface area contributed by atoms with Crippen LogP contribution in [-0.2, 0) is 14.1 Å². The molecule has 0 unspecified atom stereocenters. The first-order valence-electron chi connectivity index (χ1n) is 6.68. The first-order valence-corrected chi connectivity index (χ1v) is 6.68. The van der Waals surface area contributed by atoms with Crippen molar-refractivity contribution in [3.8, 4) is 11.5 Å². The molecule has 0 aliphatic rings. The summed E-state index contributed by atoms with van der Waals surface area (Å²) < 4.78 is 12.3. The number of rotatable bonds is 4. The number of benzene rings is 1. The molecule has 0 aliphatic heterocycles. The van der Waals surface area contributed by atoms with E-state index in [1.54, 1.807) is 18.2 Å². The van der Waals surface area contributed by atoms with E-state index >= 15 is 0 Å². The number of nitrogens with zero attached hydrogens (tertiary/aromatic N) is 2. The van der Waals surface area contributed by atoms with Crippen LogP contribution in [0.1, 0.15) is 10.4 Å². The number of carbonyl (C=O) groups excluding carboxylic acids is 1. The van der Waals surface area contributed by atoms with Gasteiger partial charge in [-0.2, -0.15) is 0 Å². The SMILES string of the molecule is COc1cc(NC(=O)c2cn(C)c(=O)n(C)c2=O)cc(OC)c1. The summed E-state index contributed by atoms with van der Waals surface area (Å²) in [5.41, 5.74) is -0.909. The summed E-state index contributed by atoms with van der Waals surface area (Å²) in [7, 11) is 5.76. The van der Waals surface area contributed by atoms with Crippen LogP contribution in [0.5, 0.6) is 11.5 Å². The van der Waals surface area contributed by atoms with Crippen molar-refractivity contribution in [3.05, 3.63) is 50.8 Å². The molecule has 1 heterocycles. The van der Waals surface area contributed by atoms with Gasteiger partial charge < -0.3 is 19.4 Å². The van der Waals surface area contributed by atoms with Crippen molar-refractivity contribution in [1.29, 1.82) is 0 Å². The van der Waals surface area contributed by atoms with Gasteiger partial charge in [-0.05, 0) is 0 Å². The van der Waals surface area contributed by atoms with Crippen LogP contribution in [0.15, 0.2) is 34.0 Å². The summed E-state index contributed by atoms with van der Waals surface area (Å²) in [5, 5.41) is 2.59. The average Bonchev–Trinajstić information content (AvgIpc) is 2.55. The van der Waals surface area contributed by atoms with E-state index < -0.39 is 17.2 Å². The molecule has 1 amide bonds. The van der Waals surface area contributed by atoms with Gasteiger partial charge in [0, 0.05) is 44.2 Å². The summed E-state index contributed by atoms with van der Waals surface area (Å²) in [5.74, 6) is 0.359. The Morgan fingerprint density at radius 2 is 1.61 bits per heavy atom. The Kier molecular flexibility index (Phi) is 4.54. The largest absolute Gasteiger partial charge is 0.497 e. The van der Waals surface area contributed by atoms with Crippen LogP contribution < -0.4 is 26.0 Å². The van der Waals surface area contributed by atoms with Gasteiger partial charge >= 0.3 is 5.69 Å². The highest BCUT2D eigenvalue weighted by atomic mass is 16.5. The standard InChI is InChI=1S/C15H17N3O5/c1-17-8-12(14(20)18(2)15(17)21)13(19)16-9-5-10(22-3)7-11(6-9)23-4/h5-8H,1-4H3,(H,16,19). The second-order valence-electron chi connectivity index (χ2n) is 4.86. The molecule has 8 nitrogen and oxygen atoms in total. The molecular formula is C15H17N3O5. The van der Waals surface area contributed by atoms with Crippen LogP contribution in [0.2, 0.25) is 0 Å². The number of nitrogens with one attached hydrogen (secondary N) is 1. The van der Waals surface area contributed by atoms with Gasteiger partial charge in [-0.15, -0.1) is 0 Å². The van der Waals surface area contributed by atoms with Gasteiger partial charge in [0.2, 0.25) is 0 Å². The Morgan fingerprint density at radius 3 is 2.13 bits per heavy atom. The first-order chi connectivity index (χ1) is 10.9. The minimum Gasteiger partial charge on any atom is -0.497 e. The third kappa shape index (κ3) is 3.25. The van der Waals surface area contributed by atoms with E-state index in [1.807, 2.05) is 0 Å². The van der Waals surface area contributed by atoms with Crippen molar-refractivity contribution in [3.63, 3.8) is 0 Å². The predicted octanol–water partition coefficient (Wildman–Crippen LogP) is 0.353. The molecule has 122 valence electrons. The maximum absolute atomic E-state index is 12.3. The van der Waals surface area contributed by atoms with Crippen LogP contribution in [0.25, 0.3) is 0 Å². The van der Waals surface area contributed by atoms with Crippen LogP contribution in [-0.4, -0.2) is 29.3 Å². The van der Waals surface area contributed by atoms with Gasteiger partial charge in [0.15, 0.2) is 0 Å². The Morgan fingerprint density at radius 1 is 1.04 bits per heavy atom. The monoisotopic (exact) mass is 319 g/mol. The van der Waals surface area contributed by atoms with Gasteiger partial charge in [-0.3, -0.25) is 14.2 Å². The summed E-state index contributed by atoms with van der Waals surface area (Å²) in [6.07, 6.45) is 1.21. The fraction of sp³-hybridized carbons (Fsp3) is 0.267. The number of aromatic nitrogens is 2. The molecule has 0 saturated heterocycles. The fourth-order valence-corrected chi connectivity index (χ4v) is 2.04. The number of aryl methyl sites for hydroxylation is 1. The molecule has 0 fully saturated rings. The highest BCUT2D eigenvalue weighted by Gasteiger charge is 2.15. The van der Waals surface area contributed by atoms with Crippen molar-refractivity contribution in [2.24, 2.45) is 14.1 Å². The topological polar surface area (TPSA) is 91.6 Å². The van der Waals surface area contributed by atoms with Gasteiger partial charge in [0.1, 0.15) is 17.1 Å². The molecule has 2 aromatic rings. The maximum Gasteiger partial charge on any atom is 0.330 e. The van der Waals surface area contributed by atoms with E-state index in [2.05, 4.69) is 5.32 Å². The number of methoxy groups -OCH3 is 2. The van der Waals surface area contributed by atoms with E-state index in [0.717, 1.165) is 4.57 Å². The molecular weight excluding hydrogens is 302 g/mol. The molecule has 1 aromatic carbocycles. The maximum atomic E-state index is 12.3. The van der Waals surface area contributed by atoms with Crippen LogP contribution in [0.4, 0.5) is 5.69 Å². The molecule has 0 aliphatic carbocycles. The van der Waals surface area contributed by atoms with Crippen molar-refractivity contribution in [2.75, 3.05) is 19.5 Å². The zero-order chi connectivity index (χ0) is 17.1. The average molecular weight is 319 g/mol. The Bertz CT molecular complexity index is 844. The lowest BCUT2D eigenvalue weighted by Gasteiger charge is -2.10. The number of amides is 1. The highest BCUT2D eigenvalue weighted by molar-refractivity contribution is 6.04. The summed E-state index contributed by atoms with van der Waals surface area (Å²) in [6, 6.07) is 4.83. The molecule has 0 saturated carbocycles. The first kappa shape index (κ1) is 16.3. The molecule has 8 heteroatoms. The quantitative estimate of drug-likeness (QED) is 0.878. The van der Waals surface area contributed by atoms with Crippen molar-refractivity contribution < 1.29 is 14.3 Å². The van der Waals surface area contributed by atoms with E-state index in [1.165, 1.54) is 39.1 Å². The van der Waals surface area contributed by atoms with Gasteiger partial charge in [-0.25, -0.2) is 4.79 Å². The third-order valence-electron chi connectivity index (χ3n) is 3.30. The summed E-state index contributed by atoms with van der Waals surface area (Å²) in [4.78, 5) is 36.0. The zero-order valence-electron chi connectivity index (χ0n) is 13.2. The third-order valence-corrected chi connectivity index (χ3v) is 3.30. The molecule has 0 bridgehead atoms. The Labute approximate surface area is 131 Å². The Balaban J connectivity index is 2.41. The van der Waals surface area contributed by atoms with Crippen LogP contribution in [0, 0.1) is 0 Å². The molecule has 0 atom stereocenters. The fourth-order valence-electron chi connectivity index (χ4n) is 2.04. The Hall–Kier alpha value is -3.03. The van der Waals surface area contributed by atoms with Crippen molar-refractivity contribution in [2.45, 2.75) is 0 Å². The number of anilines is 1. The molecule has 1 aromatic heterocycles. The van der Waals surface area contributed by atoms with Crippen LogP contribution in [0.3, 0.4) is 0 Å². The lowest BCUT2D eigenvalue weighted by molar-refractivity contribution is 0.102. The molecule has 0 radical (unpaired) electrons. The smallest absolute Gasteiger partial charge is 0.330 e. The van der Waals surface area contributed by atoms with Gasteiger partial charge in [0.05, 0.1) is 14.2 Å². The number of hydrogen-bond acceptors (Lipinski definition) is 5. The second kappa shape index (κ2) is 6.39. The normalized spacial score (nSPS) is 10.3. The highest BCUT2D eigenvalue weighted by Crippen LogP contribution is 2.25. The van der Waals surface area contributed by atoms with E-state index in [-0.39, 0.29) is 5.56 Å². The van der Waals surface area contributed by atoms with Gasteiger partial charge in [-0.1, -0.05) is 0 Å². The second-order valence-corrected chi connectivity index (χ2v) is 4.86. The number of ether oxygens (including phenoxy) is 2. The van der Waals surface area contributed by atoms with Crippen molar-refractivity contribution >= 4 is 11.6 Å². The molecule has 0 spiro atoms. The van der Waals surface area contributed by atoms with Crippen LogP contribution >= 0.6 is 0 Å².